The van der Waals surface area contributed by atoms with E-state index in [0.29, 0.717) is 26.4 Å². The molecule has 0 spiro atoms. The summed E-state index contributed by atoms with van der Waals surface area (Å²) in [4.78, 5) is 9.60. The normalized spacial score (nSPS) is 11.9. The quantitative estimate of drug-likeness (QED) is 0.438. The van der Waals surface area contributed by atoms with Crippen LogP contribution in [0.15, 0.2) is 0 Å². The number of hydrogen-bond donors (Lipinski definition) is 1. The number of hydrogen-bond acceptors (Lipinski definition) is 5. The largest absolute Gasteiger partial charge is 0.379 e. The lowest BCUT2D eigenvalue weighted by Crippen LogP contribution is -2.07. The van der Waals surface area contributed by atoms with Crippen molar-refractivity contribution in [2.75, 3.05) is 39.6 Å². The second-order valence-corrected chi connectivity index (χ2v) is 6.20. The van der Waals surface area contributed by atoms with Crippen molar-refractivity contribution in [1.82, 2.24) is 0 Å². The molecule has 0 aromatic rings. The Morgan fingerprint density at radius 2 is 1.24 bits per heavy atom. The molecule has 0 unspecified atom stereocenters. The van der Waals surface area contributed by atoms with Crippen molar-refractivity contribution >= 4 is 18.5 Å². The highest BCUT2D eigenvalue weighted by Gasteiger charge is 2.14. The van der Waals surface area contributed by atoms with Crippen LogP contribution in [-0.4, -0.2) is 44.5 Å². The predicted molar refractivity (Wildman–Crippen MR) is 70.6 cm³/mol. The molecule has 0 aliphatic carbocycles. The monoisotopic (exact) mass is 286 g/mol. The summed E-state index contributed by atoms with van der Waals surface area (Å²) in [6, 6.07) is 0. The predicted octanol–water partition coefficient (Wildman–Crippen LogP) is 2.09. The van der Waals surface area contributed by atoms with Gasteiger partial charge in [-0.05, 0) is 24.6 Å². The van der Waals surface area contributed by atoms with Gasteiger partial charge in [-0.1, -0.05) is 13.8 Å². The van der Waals surface area contributed by atoms with E-state index in [-0.39, 0.29) is 13.2 Å². The van der Waals surface area contributed by atoms with Crippen LogP contribution in [0.2, 0.25) is 0 Å². The Kier molecular flexibility index (Phi) is 11.8. The third-order valence-corrected chi connectivity index (χ3v) is 3.31. The zero-order valence-electron chi connectivity index (χ0n) is 10.6. The Balaban J connectivity index is 3.42. The maximum Gasteiger partial charge on any atom is 0.324 e. The van der Waals surface area contributed by atoms with Crippen LogP contribution >= 0.6 is 6.72 Å². The van der Waals surface area contributed by atoms with Crippen LogP contribution in [0.5, 0.6) is 0 Å². The summed E-state index contributed by atoms with van der Waals surface area (Å²) in [6.45, 7) is 3.65. The highest BCUT2D eigenvalue weighted by Crippen LogP contribution is 2.43. The first-order valence-corrected chi connectivity index (χ1v) is 8.48. The van der Waals surface area contributed by atoms with Gasteiger partial charge in [-0.3, -0.25) is 0 Å². The van der Waals surface area contributed by atoms with E-state index < -0.39 is 6.72 Å². The van der Waals surface area contributed by atoms with Crippen molar-refractivity contribution in [2.45, 2.75) is 26.7 Å². The zero-order chi connectivity index (χ0) is 13.0. The van der Waals surface area contributed by atoms with E-state index in [4.69, 9.17) is 30.3 Å². The third kappa shape index (κ3) is 12.7. The zero-order valence-corrected chi connectivity index (χ0v) is 12.3. The summed E-state index contributed by atoms with van der Waals surface area (Å²) < 4.78 is 20.5. The fraction of sp³-hybridized carbons (Fsp3) is 1.00. The van der Waals surface area contributed by atoms with Crippen LogP contribution in [0.3, 0.4) is 0 Å². The molecular formula is C10H23O5PS. The minimum Gasteiger partial charge on any atom is -0.379 e. The molecule has 0 rings (SSSR count). The molecule has 0 bridgehead atoms. The Labute approximate surface area is 109 Å². The van der Waals surface area contributed by atoms with Crippen molar-refractivity contribution in [1.29, 1.82) is 0 Å². The molecule has 7 heteroatoms. The molecule has 0 atom stereocenters. The molecule has 17 heavy (non-hydrogen) atoms. The van der Waals surface area contributed by atoms with E-state index in [1.165, 1.54) is 0 Å². The van der Waals surface area contributed by atoms with E-state index in [2.05, 4.69) is 0 Å². The summed E-state index contributed by atoms with van der Waals surface area (Å²) in [6.07, 6.45) is 1.91. The summed E-state index contributed by atoms with van der Waals surface area (Å²) in [5.41, 5.74) is 0. The summed E-state index contributed by atoms with van der Waals surface area (Å²) in [7, 11) is 0. The van der Waals surface area contributed by atoms with Crippen LogP contribution in [0.4, 0.5) is 0 Å². The van der Waals surface area contributed by atoms with Crippen molar-refractivity contribution < 1.29 is 23.4 Å². The van der Waals surface area contributed by atoms with Gasteiger partial charge in [0.2, 0.25) is 0 Å². The van der Waals surface area contributed by atoms with E-state index in [0.717, 1.165) is 12.8 Å². The average molecular weight is 286 g/mol. The van der Waals surface area contributed by atoms with E-state index >= 15 is 0 Å². The van der Waals surface area contributed by atoms with Gasteiger partial charge in [0, 0.05) is 13.2 Å². The minimum atomic E-state index is -3.12. The second-order valence-electron chi connectivity index (χ2n) is 3.36. The minimum absolute atomic E-state index is 0.254. The third-order valence-electron chi connectivity index (χ3n) is 1.66. The lowest BCUT2D eigenvalue weighted by molar-refractivity contribution is 0.0725. The average Bonchev–Trinajstić information content (AvgIpc) is 2.28. The molecule has 0 aliphatic heterocycles. The smallest absolute Gasteiger partial charge is 0.324 e. The number of ether oxygens (including phenoxy) is 2. The first-order chi connectivity index (χ1) is 8.12. The van der Waals surface area contributed by atoms with Gasteiger partial charge in [-0.15, -0.1) is 0 Å². The second kappa shape index (κ2) is 11.5. The van der Waals surface area contributed by atoms with Crippen LogP contribution in [-0.2, 0) is 30.3 Å². The Morgan fingerprint density at radius 3 is 1.59 bits per heavy atom. The van der Waals surface area contributed by atoms with Crippen molar-refractivity contribution in [3.05, 3.63) is 0 Å². The standard InChI is InChI=1S/C10H23O5PS/c1-3-5-12-7-9-14-16(11,17)15-10-8-13-6-4-2/h3-10H2,1-2H3,(H,11,17). The van der Waals surface area contributed by atoms with Crippen LogP contribution in [0.1, 0.15) is 26.7 Å². The van der Waals surface area contributed by atoms with Gasteiger partial charge in [0.05, 0.1) is 26.4 Å². The van der Waals surface area contributed by atoms with Crippen molar-refractivity contribution in [2.24, 2.45) is 0 Å². The summed E-state index contributed by atoms with van der Waals surface area (Å²) in [5.74, 6) is 0. The van der Waals surface area contributed by atoms with Gasteiger partial charge >= 0.3 is 6.72 Å². The molecule has 0 heterocycles. The van der Waals surface area contributed by atoms with E-state index in [1.807, 2.05) is 13.8 Å². The van der Waals surface area contributed by atoms with E-state index in [9.17, 15) is 4.89 Å². The highest BCUT2D eigenvalue weighted by atomic mass is 32.5. The molecule has 104 valence electrons. The molecule has 0 aromatic carbocycles. The summed E-state index contributed by atoms with van der Waals surface area (Å²) in [5, 5.41) is 0. The fourth-order valence-corrected chi connectivity index (χ4v) is 2.09. The summed E-state index contributed by atoms with van der Waals surface area (Å²) >= 11 is 4.81. The van der Waals surface area contributed by atoms with Gasteiger partial charge in [0.1, 0.15) is 0 Å². The first kappa shape index (κ1) is 17.4. The maximum atomic E-state index is 9.60. The van der Waals surface area contributed by atoms with Gasteiger partial charge in [-0.2, -0.15) is 0 Å². The first-order valence-electron chi connectivity index (χ1n) is 5.89. The molecule has 0 amide bonds. The van der Waals surface area contributed by atoms with Gasteiger partial charge in [-0.25, -0.2) is 0 Å². The number of rotatable bonds is 12. The van der Waals surface area contributed by atoms with E-state index in [1.54, 1.807) is 0 Å². The lowest BCUT2D eigenvalue weighted by Gasteiger charge is -2.15. The molecule has 0 saturated carbocycles. The SMILES string of the molecule is CCCOCCOP(O)(=S)OCCOCCC. The Morgan fingerprint density at radius 1 is 0.824 bits per heavy atom. The lowest BCUT2D eigenvalue weighted by atomic mass is 10.5. The molecule has 0 radical (unpaired) electrons. The molecule has 5 nitrogen and oxygen atoms in total. The Bertz CT molecular complexity index is 197. The van der Waals surface area contributed by atoms with Crippen LogP contribution in [0.25, 0.3) is 0 Å². The fourth-order valence-electron chi connectivity index (χ4n) is 0.953. The molecule has 0 saturated heterocycles. The molecule has 1 N–H and O–H groups in total. The van der Waals surface area contributed by atoms with Crippen LogP contribution in [0, 0.1) is 0 Å². The topological polar surface area (TPSA) is 57.2 Å². The highest BCUT2D eigenvalue weighted by molar-refractivity contribution is 8.07. The molecule has 0 aliphatic rings. The van der Waals surface area contributed by atoms with Gasteiger partial charge in [0.15, 0.2) is 0 Å². The van der Waals surface area contributed by atoms with Crippen LogP contribution < -0.4 is 0 Å². The Hall–Kier alpha value is 0.450. The molecular weight excluding hydrogens is 263 g/mol. The van der Waals surface area contributed by atoms with Crippen molar-refractivity contribution in [3.63, 3.8) is 0 Å². The molecule has 0 aromatic heterocycles. The molecule has 0 fully saturated rings. The van der Waals surface area contributed by atoms with Gasteiger partial charge < -0.3 is 23.4 Å². The van der Waals surface area contributed by atoms with Gasteiger partial charge in [0.25, 0.3) is 0 Å². The maximum absolute atomic E-state index is 9.60. The van der Waals surface area contributed by atoms with Crippen molar-refractivity contribution in [3.8, 4) is 0 Å².